The molecular weight excluding hydrogens is 547 g/mol. The summed E-state index contributed by atoms with van der Waals surface area (Å²) in [6, 6.07) is 16.0. The third-order valence-electron chi connectivity index (χ3n) is 6.81. The molecule has 0 aliphatic rings. The Morgan fingerprint density at radius 3 is 2.29 bits per heavy atom. The second kappa shape index (κ2) is 12.8. The number of fused-ring (bicyclic) bond motifs is 1. The quantitative estimate of drug-likeness (QED) is 0.255. The molecule has 0 fully saturated rings. The summed E-state index contributed by atoms with van der Waals surface area (Å²) in [7, 11) is -2.64. The van der Waals surface area contributed by atoms with E-state index in [1.54, 1.807) is 50.2 Å². The molecule has 10 heteroatoms. The first kappa shape index (κ1) is 30.1. The molecule has 0 aliphatic heterocycles. The van der Waals surface area contributed by atoms with Crippen molar-refractivity contribution in [3.63, 3.8) is 0 Å². The fraction of sp³-hybridized carbons (Fsp3) is 0.290. The maximum Gasteiger partial charge on any atom is 0.244 e. The van der Waals surface area contributed by atoms with Crippen molar-refractivity contribution in [1.82, 2.24) is 9.21 Å². The molecule has 0 N–H and O–H groups in total. The first-order chi connectivity index (χ1) is 19.5. The molecular formula is C31H33FN2O6S. The molecule has 0 atom stereocenters. The number of rotatable bonds is 11. The van der Waals surface area contributed by atoms with Gasteiger partial charge < -0.3 is 14.1 Å². The monoisotopic (exact) mass is 580 g/mol. The van der Waals surface area contributed by atoms with Gasteiger partial charge in [-0.1, -0.05) is 42.0 Å². The van der Waals surface area contributed by atoms with Crippen LogP contribution in [0.15, 0.2) is 81.0 Å². The van der Waals surface area contributed by atoms with Crippen LogP contribution in [0.1, 0.15) is 27.8 Å². The predicted octanol–water partition coefficient (Wildman–Crippen LogP) is 4.72. The van der Waals surface area contributed by atoms with E-state index >= 15 is 0 Å². The zero-order chi connectivity index (χ0) is 29.7. The molecule has 4 aromatic rings. The minimum absolute atomic E-state index is 0.0200. The van der Waals surface area contributed by atoms with Crippen LogP contribution in [-0.4, -0.2) is 50.3 Å². The van der Waals surface area contributed by atoms with Gasteiger partial charge in [0, 0.05) is 20.2 Å². The fourth-order valence-corrected chi connectivity index (χ4v) is 6.69. The van der Waals surface area contributed by atoms with Crippen molar-refractivity contribution in [2.24, 2.45) is 0 Å². The van der Waals surface area contributed by atoms with Gasteiger partial charge in [-0.15, -0.1) is 0 Å². The molecule has 0 saturated heterocycles. The zero-order valence-electron chi connectivity index (χ0n) is 23.5. The summed E-state index contributed by atoms with van der Waals surface area (Å²) in [5, 5.41) is 0.369. The number of hydrogen-bond acceptors (Lipinski definition) is 6. The smallest absolute Gasteiger partial charge is 0.244 e. The Balaban J connectivity index is 1.71. The number of ether oxygens (including phenoxy) is 1. The fourth-order valence-electron chi connectivity index (χ4n) is 4.91. The van der Waals surface area contributed by atoms with Crippen molar-refractivity contribution in [3.8, 4) is 0 Å². The number of para-hydroxylation sites is 1. The Labute approximate surface area is 239 Å². The molecule has 0 bridgehead atoms. The minimum atomic E-state index is -4.09. The highest BCUT2D eigenvalue weighted by atomic mass is 32.2. The average Bonchev–Trinajstić information content (AvgIpc) is 2.92. The summed E-state index contributed by atoms with van der Waals surface area (Å²) < 4.78 is 53.3. The third-order valence-corrected chi connectivity index (χ3v) is 8.96. The van der Waals surface area contributed by atoms with Gasteiger partial charge in [0.15, 0.2) is 5.43 Å². The molecule has 41 heavy (non-hydrogen) atoms. The van der Waals surface area contributed by atoms with E-state index in [4.69, 9.17) is 9.15 Å². The number of aryl methyl sites for hydroxylation is 3. The molecule has 0 saturated carbocycles. The molecule has 0 spiro atoms. The summed E-state index contributed by atoms with van der Waals surface area (Å²) in [5.74, 6) is -0.966. The van der Waals surface area contributed by atoms with Crippen LogP contribution in [0.25, 0.3) is 11.0 Å². The molecule has 1 heterocycles. The van der Waals surface area contributed by atoms with Gasteiger partial charge in [0.05, 0.1) is 41.8 Å². The summed E-state index contributed by atoms with van der Waals surface area (Å²) >= 11 is 0. The zero-order valence-corrected chi connectivity index (χ0v) is 24.3. The minimum Gasteiger partial charge on any atom is -0.464 e. The summed E-state index contributed by atoms with van der Waals surface area (Å²) in [4.78, 5) is 28.6. The van der Waals surface area contributed by atoms with E-state index in [-0.39, 0.29) is 42.1 Å². The molecule has 0 radical (unpaired) electrons. The lowest BCUT2D eigenvalue weighted by Crippen LogP contribution is -2.44. The summed E-state index contributed by atoms with van der Waals surface area (Å²) in [5.41, 5.74) is 3.05. The van der Waals surface area contributed by atoms with Crippen molar-refractivity contribution in [1.29, 1.82) is 0 Å². The SMILES string of the molecule is COCCN(CC(=O)N(Cc1ccc(F)cc1)Cc1coc2ccccc2c1=O)S(=O)(=O)c1c(C)cc(C)cc1C. The predicted molar refractivity (Wildman–Crippen MR) is 154 cm³/mol. The van der Waals surface area contributed by atoms with Crippen LogP contribution in [0, 0.1) is 26.6 Å². The van der Waals surface area contributed by atoms with Gasteiger partial charge in [-0.3, -0.25) is 9.59 Å². The molecule has 8 nitrogen and oxygen atoms in total. The lowest BCUT2D eigenvalue weighted by Gasteiger charge is -2.28. The Kier molecular flexibility index (Phi) is 9.37. The molecule has 4 rings (SSSR count). The highest BCUT2D eigenvalue weighted by Gasteiger charge is 2.31. The van der Waals surface area contributed by atoms with E-state index < -0.39 is 28.3 Å². The Hall–Kier alpha value is -3.86. The Bertz CT molecular complexity index is 1690. The van der Waals surface area contributed by atoms with Crippen molar-refractivity contribution in [2.75, 3.05) is 26.8 Å². The molecule has 3 aromatic carbocycles. The van der Waals surface area contributed by atoms with E-state index in [0.717, 1.165) is 9.87 Å². The number of carbonyl (C=O) groups excluding carboxylic acids is 1. The van der Waals surface area contributed by atoms with E-state index in [9.17, 15) is 22.4 Å². The van der Waals surface area contributed by atoms with Crippen molar-refractivity contribution >= 4 is 26.9 Å². The first-order valence-corrected chi connectivity index (χ1v) is 14.5. The van der Waals surface area contributed by atoms with Crippen LogP contribution in [0.5, 0.6) is 0 Å². The van der Waals surface area contributed by atoms with Gasteiger partial charge in [-0.05, 0) is 61.7 Å². The van der Waals surface area contributed by atoms with E-state index in [0.29, 0.717) is 27.7 Å². The number of benzene rings is 3. The Morgan fingerprint density at radius 1 is 0.976 bits per heavy atom. The van der Waals surface area contributed by atoms with Gasteiger partial charge in [0.25, 0.3) is 0 Å². The van der Waals surface area contributed by atoms with Crippen LogP contribution in [0.3, 0.4) is 0 Å². The molecule has 0 aliphatic carbocycles. The van der Waals surface area contributed by atoms with E-state index in [1.807, 2.05) is 6.92 Å². The molecule has 0 unspecified atom stereocenters. The van der Waals surface area contributed by atoms with Gasteiger partial charge in [0.1, 0.15) is 11.4 Å². The van der Waals surface area contributed by atoms with Crippen molar-refractivity contribution in [2.45, 2.75) is 38.8 Å². The summed E-state index contributed by atoms with van der Waals surface area (Å²) in [6.45, 7) is 4.75. The van der Waals surface area contributed by atoms with Crippen molar-refractivity contribution in [3.05, 3.63) is 111 Å². The first-order valence-electron chi connectivity index (χ1n) is 13.1. The number of nitrogens with zero attached hydrogens (tertiary/aromatic N) is 2. The largest absolute Gasteiger partial charge is 0.464 e. The number of amides is 1. The van der Waals surface area contributed by atoms with Crippen molar-refractivity contribution < 1.29 is 26.8 Å². The topological polar surface area (TPSA) is 97.1 Å². The standard InChI is InChI=1S/C31H33FN2O6S/c1-21-15-22(2)31(23(3)16-21)41(37,38)34(13-14-39-4)19-29(35)33(17-24-9-11-26(32)12-10-24)18-25-20-40-28-8-6-5-7-27(28)30(25)36/h5-12,15-16,20H,13-14,17-19H2,1-4H3. The number of methoxy groups -OCH3 is 1. The molecule has 1 amide bonds. The van der Waals surface area contributed by atoms with Crippen LogP contribution >= 0.6 is 0 Å². The second-order valence-electron chi connectivity index (χ2n) is 10.0. The molecule has 216 valence electrons. The number of carbonyl (C=O) groups is 1. The van der Waals surface area contributed by atoms with Gasteiger partial charge in [-0.2, -0.15) is 4.31 Å². The maximum absolute atomic E-state index is 13.9. The van der Waals surface area contributed by atoms with Crippen LogP contribution < -0.4 is 5.43 Å². The average molecular weight is 581 g/mol. The van der Waals surface area contributed by atoms with Crippen LogP contribution in [0.4, 0.5) is 4.39 Å². The van der Waals surface area contributed by atoms with Gasteiger partial charge >= 0.3 is 0 Å². The maximum atomic E-state index is 13.9. The van der Waals surface area contributed by atoms with E-state index in [2.05, 4.69) is 0 Å². The molecule has 1 aromatic heterocycles. The lowest BCUT2D eigenvalue weighted by molar-refractivity contribution is -0.132. The normalized spacial score (nSPS) is 11.8. The van der Waals surface area contributed by atoms with Crippen LogP contribution in [0.2, 0.25) is 0 Å². The second-order valence-corrected chi connectivity index (χ2v) is 11.9. The number of hydrogen-bond donors (Lipinski definition) is 0. The summed E-state index contributed by atoms with van der Waals surface area (Å²) in [6.07, 6.45) is 1.31. The lowest BCUT2D eigenvalue weighted by atomic mass is 10.1. The van der Waals surface area contributed by atoms with E-state index in [1.165, 1.54) is 42.5 Å². The Morgan fingerprint density at radius 2 is 1.63 bits per heavy atom. The third kappa shape index (κ3) is 6.90. The number of sulfonamides is 1. The highest BCUT2D eigenvalue weighted by molar-refractivity contribution is 7.89. The highest BCUT2D eigenvalue weighted by Crippen LogP contribution is 2.26. The van der Waals surface area contributed by atoms with Crippen LogP contribution in [-0.2, 0) is 32.6 Å². The van der Waals surface area contributed by atoms with Gasteiger partial charge in [0.2, 0.25) is 15.9 Å². The number of halogens is 1. The van der Waals surface area contributed by atoms with Gasteiger partial charge in [-0.25, -0.2) is 12.8 Å².